The third-order valence-electron chi connectivity index (χ3n) is 3.77. The molecule has 1 unspecified atom stereocenters. The van der Waals surface area contributed by atoms with E-state index in [0.29, 0.717) is 6.54 Å². The molecule has 17 heavy (non-hydrogen) atoms. The molecule has 1 fully saturated rings. The molecule has 1 rings (SSSR count). The van der Waals surface area contributed by atoms with Crippen molar-refractivity contribution in [2.75, 3.05) is 39.8 Å². The molecule has 0 aromatic heterocycles. The molecular weight excluding hydrogens is 215 g/mol. The van der Waals surface area contributed by atoms with Crippen LogP contribution in [-0.2, 0) is 4.79 Å². The molecule has 5 heteroatoms. The summed E-state index contributed by atoms with van der Waals surface area (Å²) in [5.74, 6) is -0.648. The van der Waals surface area contributed by atoms with Crippen LogP contribution < -0.4 is 0 Å². The van der Waals surface area contributed by atoms with Gasteiger partial charge in [0, 0.05) is 38.0 Å². The molecule has 0 aliphatic carbocycles. The van der Waals surface area contributed by atoms with Gasteiger partial charge >= 0.3 is 5.97 Å². The molecule has 1 saturated heterocycles. The van der Waals surface area contributed by atoms with Crippen LogP contribution in [0.4, 0.5) is 0 Å². The molecule has 1 atom stereocenters. The Kier molecular flexibility index (Phi) is 5.47. The summed E-state index contributed by atoms with van der Waals surface area (Å²) < 4.78 is 0. The highest BCUT2D eigenvalue weighted by Gasteiger charge is 2.34. The molecule has 0 aromatic rings. The predicted octanol–water partition coefficient (Wildman–Crippen LogP) is 0.300. The molecule has 0 saturated carbocycles. The number of carboxylic acids is 1. The lowest BCUT2D eigenvalue weighted by molar-refractivity contribution is -0.141. The number of nitrogens with zero attached hydrogens (tertiary/aromatic N) is 2. The second-order valence-electron chi connectivity index (χ2n) is 5.55. The average molecular weight is 240 g/mol. The van der Waals surface area contributed by atoms with Gasteiger partial charge in [-0.1, -0.05) is 19.8 Å². The van der Waals surface area contributed by atoms with E-state index in [2.05, 4.69) is 23.8 Å². The molecular formula is C12H25BN2O2. The van der Waals surface area contributed by atoms with Crippen LogP contribution in [0.2, 0.25) is 5.31 Å². The smallest absolute Gasteiger partial charge is 0.302 e. The number of hydrogen-bond acceptors (Lipinski definition) is 3. The summed E-state index contributed by atoms with van der Waals surface area (Å²) in [7, 11) is 4.01. The van der Waals surface area contributed by atoms with Gasteiger partial charge < -0.3 is 14.9 Å². The fraction of sp³-hybridized carbons (Fsp3) is 0.917. The first-order valence-corrected chi connectivity index (χ1v) is 6.62. The van der Waals surface area contributed by atoms with E-state index in [0.717, 1.165) is 45.4 Å². The maximum Gasteiger partial charge on any atom is 0.302 e. The Labute approximate surface area is 105 Å². The summed E-state index contributed by atoms with van der Waals surface area (Å²) >= 11 is 0. The number of unbranched alkanes of at least 4 members (excludes halogenated alkanes) is 1. The highest BCUT2D eigenvalue weighted by Crippen LogP contribution is 2.30. The van der Waals surface area contributed by atoms with E-state index in [1.54, 1.807) is 0 Å². The lowest BCUT2D eigenvalue weighted by atomic mass is 9.65. The summed E-state index contributed by atoms with van der Waals surface area (Å²) in [5, 5.41) is 8.83. The molecule has 1 N–H and O–H groups in total. The van der Waals surface area contributed by atoms with E-state index in [1.807, 2.05) is 7.85 Å². The first-order valence-electron chi connectivity index (χ1n) is 6.62. The van der Waals surface area contributed by atoms with Gasteiger partial charge in [0.05, 0.1) is 0 Å². The topological polar surface area (TPSA) is 43.8 Å². The van der Waals surface area contributed by atoms with Crippen LogP contribution in [0.25, 0.3) is 0 Å². The van der Waals surface area contributed by atoms with Crippen molar-refractivity contribution in [1.29, 1.82) is 0 Å². The van der Waals surface area contributed by atoms with Gasteiger partial charge in [0.25, 0.3) is 0 Å². The van der Waals surface area contributed by atoms with E-state index in [1.165, 1.54) is 0 Å². The molecule has 0 aromatic carbocycles. The van der Waals surface area contributed by atoms with Gasteiger partial charge in [0.1, 0.15) is 7.85 Å². The van der Waals surface area contributed by atoms with Crippen molar-refractivity contribution in [2.24, 2.45) is 0 Å². The quantitative estimate of drug-likeness (QED) is 0.678. The van der Waals surface area contributed by atoms with E-state index in [4.69, 9.17) is 0 Å². The highest BCUT2D eigenvalue weighted by molar-refractivity contribution is 6.26. The van der Waals surface area contributed by atoms with Crippen molar-refractivity contribution in [3.8, 4) is 0 Å². The van der Waals surface area contributed by atoms with E-state index in [-0.39, 0.29) is 0 Å². The van der Waals surface area contributed by atoms with Gasteiger partial charge in [-0.25, -0.2) is 0 Å². The zero-order valence-electron chi connectivity index (χ0n) is 11.4. The van der Waals surface area contributed by atoms with Gasteiger partial charge in [0.2, 0.25) is 0 Å². The molecule has 1 heterocycles. The number of carbonyl (C=O) groups is 1. The Hall–Kier alpha value is -0.545. The molecule has 0 bridgehead atoms. The minimum Gasteiger partial charge on any atom is -0.481 e. The molecule has 1 aliphatic rings. The zero-order valence-corrected chi connectivity index (χ0v) is 11.4. The zero-order chi connectivity index (χ0) is 12.9. The largest absolute Gasteiger partial charge is 0.481 e. The predicted molar refractivity (Wildman–Crippen MR) is 72.3 cm³/mol. The number of hydrogen-bond donors (Lipinski definition) is 1. The molecule has 98 valence electrons. The van der Waals surface area contributed by atoms with Crippen molar-refractivity contribution in [2.45, 2.75) is 31.5 Å². The summed E-state index contributed by atoms with van der Waals surface area (Å²) in [6, 6.07) is 0. The van der Waals surface area contributed by atoms with Crippen LogP contribution in [0.15, 0.2) is 0 Å². The van der Waals surface area contributed by atoms with Crippen LogP contribution in [0.5, 0.6) is 0 Å². The SMILES string of the molecule is BC(CCCC)(CN1CCN(C)CC1)C(=O)O. The minimum atomic E-state index is -0.648. The van der Waals surface area contributed by atoms with Crippen LogP contribution in [-0.4, -0.2) is 68.5 Å². The van der Waals surface area contributed by atoms with Gasteiger partial charge in [-0.15, -0.1) is 0 Å². The van der Waals surface area contributed by atoms with Crippen LogP contribution >= 0.6 is 0 Å². The monoisotopic (exact) mass is 240 g/mol. The van der Waals surface area contributed by atoms with Crippen LogP contribution in [0.3, 0.4) is 0 Å². The fourth-order valence-electron chi connectivity index (χ4n) is 2.32. The second kappa shape index (κ2) is 6.40. The van der Waals surface area contributed by atoms with Crippen molar-refractivity contribution in [1.82, 2.24) is 9.80 Å². The first-order chi connectivity index (χ1) is 7.98. The molecule has 4 nitrogen and oxygen atoms in total. The number of piperazine rings is 1. The standard InChI is InChI=1S/C12H25BN2O2/c1-3-4-5-12(13,11(16)17)10-15-8-6-14(2)7-9-15/h3-10,13H2,1-2H3,(H,16,17). The van der Waals surface area contributed by atoms with E-state index < -0.39 is 11.3 Å². The van der Waals surface area contributed by atoms with Crippen LogP contribution in [0, 0.1) is 0 Å². The lowest BCUT2D eigenvalue weighted by Gasteiger charge is -2.37. The third-order valence-corrected chi connectivity index (χ3v) is 3.77. The number of aliphatic carboxylic acids is 1. The summed E-state index contributed by atoms with van der Waals surface area (Å²) in [6.45, 7) is 6.87. The average Bonchev–Trinajstić information content (AvgIpc) is 2.29. The minimum absolute atomic E-state index is 0.577. The maximum absolute atomic E-state index is 11.4. The van der Waals surface area contributed by atoms with E-state index >= 15 is 0 Å². The maximum atomic E-state index is 11.4. The summed E-state index contributed by atoms with van der Waals surface area (Å²) in [4.78, 5) is 16.0. The van der Waals surface area contributed by atoms with Crippen molar-refractivity contribution in [3.63, 3.8) is 0 Å². The molecule has 0 radical (unpaired) electrons. The van der Waals surface area contributed by atoms with Crippen molar-refractivity contribution in [3.05, 3.63) is 0 Å². The number of rotatable bonds is 6. The van der Waals surface area contributed by atoms with Gasteiger partial charge in [0.15, 0.2) is 0 Å². The number of likely N-dealkylation sites (N-methyl/N-ethyl adjacent to an activating group) is 1. The first kappa shape index (κ1) is 14.5. The Morgan fingerprint density at radius 2 is 1.94 bits per heavy atom. The lowest BCUT2D eigenvalue weighted by Crippen LogP contribution is -2.48. The summed E-state index contributed by atoms with van der Waals surface area (Å²) in [6.07, 6.45) is 2.84. The number of carboxylic acid groups (broad SMARTS) is 1. The second-order valence-corrected chi connectivity index (χ2v) is 5.55. The van der Waals surface area contributed by atoms with Crippen molar-refractivity contribution < 1.29 is 9.90 Å². The fourth-order valence-corrected chi connectivity index (χ4v) is 2.32. The van der Waals surface area contributed by atoms with Gasteiger partial charge in [-0.05, 0) is 13.5 Å². The Balaban J connectivity index is 2.51. The molecule has 0 amide bonds. The Bertz CT molecular complexity index is 255. The van der Waals surface area contributed by atoms with Crippen LogP contribution in [0.1, 0.15) is 26.2 Å². The summed E-state index contributed by atoms with van der Waals surface area (Å²) in [5.41, 5.74) is 0. The Morgan fingerprint density at radius 1 is 1.35 bits per heavy atom. The molecule has 0 spiro atoms. The highest BCUT2D eigenvalue weighted by atomic mass is 16.4. The normalized spacial score (nSPS) is 22.2. The Morgan fingerprint density at radius 3 is 2.41 bits per heavy atom. The van der Waals surface area contributed by atoms with Gasteiger partial charge in [-0.3, -0.25) is 4.79 Å². The van der Waals surface area contributed by atoms with E-state index in [9.17, 15) is 9.90 Å². The van der Waals surface area contributed by atoms with Crippen molar-refractivity contribution >= 4 is 13.8 Å². The third kappa shape index (κ3) is 4.32. The molecule has 1 aliphatic heterocycles. The van der Waals surface area contributed by atoms with Gasteiger partial charge in [-0.2, -0.15) is 0 Å².